The number of primary amides is 1. The Morgan fingerprint density at radius 2 is 2.00 bits per heavy atom. The van der Waals surface area contributed by atoms with Crippen molar-refractivity contribution in [1.29, 1.82) is 0 Å². The van der Waals surface area contributed by atoms with Gasteiger partial charge in [0.05, 0.1) is 19.7 Å². The molecule has 0 unspecified atom stereocenters. The molecule has 4 rings (SSSR count). The van der Waals surface area contributed by atoms with Crippen LogP contribution in [0.4, 0.5) is 5.69 Å². The Labute approximate surface area is 180 Å². The van der Waals surface area contributed by atoms with Crippen LogP contribution in [-0.4, -0.2) is 58.1 Å². The summed E-state index contributed by atoms with van der Waals surface area (Å²) in [7, 11) is 1.59. The number of nitrogens with zero attached hydrogens (tertiary/aromatic N) is 5. The summed E-state index contributed by atoms with van der Waals surface area (Å²) in [6.45, 7) is 1.24. The number of nitrogens with two attached hydrogens (primary N) is 1. The number of likely N-dealkylation sites (tertiary alicyclic amines) is 1. The van der Waals surface area contributed by atoms with E-state index in [1.165, 1.54) is 0 Å². The summed E-state index contributed by atoms with van der Waals surface area (Å²) >= 11 is 0. The van der Waals surface area contributed by atoms with Crippen LogP contribution < -0.4 is 15.4 Å². The summed E-state index contributed by atoms with van der Waals surface area (Å²) in [6, 6.07) is 13.0. The predicted molar refractivity (Wildman–Crippen MR) is 116 cm³/mol. The first-order valence-corrected chi connectivity index (χ1v) is 10.3. The third kappa shape index (κ3) is 4.51. The molecule has 0 radical (unpaired) electrons. The highest BCUT2D eigenvalue weighted by molar-refractivity contribution is 5.95. The van der Waals surface area contributed by atoms with E-state index in [-0.39, 0.29) is 31.5 Å². The monoisotopic (exact) mass is 422 g/mol. The number of benzene rings is 1. The highest BCUT2D eigenvalue weighted by Crippen LogP contribution is 2.31. The van der Waals surface area contributed by atoms with E-state index in [9.17, 15) is 9.59 Å². The van der Waals surface area contributed by atoms with Crippen molar-refractivity contribution in [3.8, 4) is 5.75 Å². The van der Waals surface area contributed by atoms with E-state index in [0.29, 0.717) is 11.4 Å². The molecule has 9 nitrogen and oxygen atoms in total. The zero-order chi connectivity index (χ0) is 21.8. The summed E-state index contributed by atoms with van der Waals surface area (Å²) in [4.78, 5) is 28.4. The minimum atomic E-state index is -0.444. The molecule has 3 heterocycles. The second kappa shape index (κ2) is 9.13. The molecular weight excluding hydrogens is 396 g/mol. The van der Waals surface area contributed by atoms with Crippen LogP contribution >= 0.6 is 0 Å². The van der Waals surface area contributed by atoms with Gasteiger partial charge in [0.25, 0.3) is 0 Å². The number of fused-ring (bicyclic) bond motifs is 1. The molecule has 2 aromatic heterocycles. The van der Waals surface area contributed by atoms with Crippen LogP contribution in [0.1, 0.15) is 31.1 Å². The molecule has 162 valence electrons. The van der Waals surface area contributed by atoms with Crippen molar-refractivity contribution >= 4 is 23.1 Å². The average Bonchev–Trinajstić information content (AvgIpc) is 3.40. The fourth-order valence-electron chi connectivity index (χ4n) is 4.04. The molecule has 0 aliphatic carbocycles. The molecular formula is C22H26N6O3. The molecule has 2 N–H and O–H groups in total. The van der Waals surface area contributed by atoms with Gasteiger partial charge in [0.15, 0.2) is 11.5 Å². The molecule has 0 spiro atoms. The van der Waals surface area contributed by atoms with Crippen molar-refractivity contribution in [2.45, 2.75) is 25.3 Å². The maximum Gasteiger partial charge on any atom is 0.241 e. The molecule has 3 aromatic rings. The van der Waals surface area contributed by atoms with Crippen molar-refractivity contribution in [1.82, 2.24) is 19.5 Å². The highest BCUT2D eigenvalue weighted by Gasteiger charge is 2.32. The van der Waals surface area contributed by atoms with Crippen molar-refractivity contribution in [3.05, 3.63) is 54.5 Å². The Morgan fingerprint density at radius 3 is 2.74 bits per heavy atom. The molecule has 1 fully saturated rings. The number of amides is 2. The molecule has 31 heavy (non-hydrogen) atoms. The standard InChI is InChI=1S/C22H26N6O3/c1-31-17-9-7-16(8-10-17)27(14-11-19(23)29)21(30)15-26-12-4-5-18(26)22-25-24-20-6-2-3-13-28(20)22/h2-3,6-10,13,18H,4-5,11-12,14-15H2,1H3,(H2,23,29)/t18-/m1/s1. The third-order valence-electron chi connectivity index (χ3n) is 5.61. The van der Waals surface area contributed by atoms with Crippen LogP contribution in [0.2, 0.25) is 0 Å². The molecule has 1 aromatic carbocycles. The minimum absolute atomic E-state index is 0.00945. The van der Waals surface area contributed by atoms with Gasteiger partial charge in [-0.15, -0.1) is 10.2 Å². The lowest BCUT2D eigenvalue weighted by Crippen LogP contribution is -2.42. The van der Waals surface area contributed by atoms with Crippen molar-refractivity contribution in [2.75, 3.05) is 31.6 Å². The van der Waals surface area contributed by atoms with Gasteiger partial charge in [-0.3, -0.25) is 18.9 Å². The summed E-state index contributed by atoms with van der Waals surface area (Å²) < 4.78 is 7.18. The highest BCUT2D eigenvalue weighted by atomic mass is 16.5. The largest absolute Gasteiger partial charge is 0.497 e. The number of carbonyl (C=O) groups excluding carboxylic acids is 2. The van der Waals surface area contributed by atoms with Gasteiger partial charge in [0.1, 0.15) is 5.75 Å². The second-order valence-corrected chi connectivity index (χ2v) is 7.58. The first kappa shape index (κ1) is 20.8. The fourth-order valence-corrected chi connectivity index (χ4v) is 4.04. The molecule has 1 aliphatic heterocycles. The molecule has 0 saturated carbocycles. The van der Waals surface area contributed by atoms with E-state index in [1.54, 1.807) is 24.1 Å². The molecule has 1 saturated heterocycles. The van der Waals surface area contributed by atoms with Crippen LogP contribution in [0, 0.1) is 0 Å². The van der Waals surface area contributed by atoms with Crippen LogP contribution in [0.25, 0.3) is 5.65 Å². The number of aromatic nitrogens is 3. The van der Waals surface area contributed by atoms with Crippen LogP contribution in [0.3, 0.4) is 0 Å². The number of pyridine rings is 1. The molecule has 0 bridgehead atoms. The number of rotatable bonds is 8. The summed E-state index contributed by atoms with van der Waals surface area (Å²) in [5, 5.41) is 8.64. The van der Waals surface area contributed by atoms with Crippen LogP contribution in [0.5, 0.6) is 5.75 Å². The van der Waals surface area contributed by atoms with Gasteiger partial charge in [-0.1, -0.05) is 6.07 Å². The number of carbonyl (C=O) groups is 2. The van der Waals surface area contributed by atoms with Crippen LogP contribution in [0.15, 0.2) is 48.7 Å². The summed E-state index contributed by atoms with van der Waals surface area (Å²) in [6.07, 6.45) is 3.92. The smallest absolute Gasteiger partial charge is 0.241 e. The van der Waals surface area contributed by atoms with Gasteiger partial charge in [0.2, 0.25) is 11.8 Å². The van der Waals surface area contributed by atoms with E-state index >= 15 is 0 Å². The molecule has 1 aliphatic rings. The maximum atomic E-state index is 13.3. The normalized spacial score (nSPS) is 16.5. The van der Waals surface area contributed by atoms with Crippen molar-refractivity contribution in [3.63, 3.8) is 0 Å². The van der Waals surface area contributed by atoms with Gasteiger partial charge in [-0.2, -0.15) is 0 Å². The zero-order valence-electron chi connectivity index (χ0n) is 17.5. The van der Waals surface area contributed by atoms with Crippen molar-refractivity contribution < 1.29 is 14.3 Å². The Hall–Kier alpha value is -3.46. The second-order valence-electron chi connectivity index (χ2n) is 7.58. The van der Waals surface area contributed by atoms with E-state index in [2.05, 4.69) is 15.1 Å². The number of methoxy groups -OCH3 is 1. The van der Waals surface area contributed by atoms with Gasteiger partial charge in [-0.25, -0.2) is 0 Å². The van der Waals surface area contributed by atoms with Crippen LogP contribution in [-0.2, 0) is 9.59 Å². The van der Waals surface area contributed by atoms with E-state index in [1.807, 2.05) is 40.9 Å². The zero-order valence-corrected chi connectivity index (χ0v) is 17.5. The quantitative estimate of drug-likeness (QED) is 0.593. The Kier molecular flexibility index (Phi) is 6.13. The van der Waals surface area contributed by atoms with E-state index in [0.717, 1.165) is 30.9 Å². The topological polar surface area (TPSA) is 106 Å². The Morgan fingerprint density at radius 1 is 1.19 bits per heavy atom. The lowest BCUT2D eigenvalue weighted by atomic mass is 10.2. The van der Waals surface area contributed by atoms with E-state index < -0.39 is 5.91 Å². The lowest BCUT2D eigenvalue weighted by Gasteiger charge is -2.28. The average molecular weight is 422 g/mol. The third-order valence-corrected chi connectivity index (χ3v) is 5.61. The molecule has 9 heteroatoms. The SMILES string of the molecule is COc1ccc(N(CCC(N)=O)C(=O)CN2CCC[C@@H]2c2nnc3ccccn23)cc1. The number of ether oxygens (including phenoxy) is 1. The predicted octanol–water partition coefficient (Wildman–Crippen LogP) is 1.78. The summed E-state index contributed by atoms with van der Waals surface area (Å²) in [5.41, 5.74) is 6.84. The Bertz CT molecular complexity index is 1060. The van der Waals surface area contributed by atoms with Gasteiger partial charge in [0, 0.05) is 24.8 Å². The van der Waals surface area contributed by atoms with E-state index in [4.69, 9.17) is 10.5 Å². The molecule has 2 amide bonds. The summed E-state index contributed by atoms with van der Waals surface area (Å²) in [5.74, 6) is 1.01. The van der Waals surface area contributed by atoms with Gasteiger partial charge >= 0.3 is 0 Å². The van der Waals surface area contributed by atoms with Gasteiger partial charge in [-0.05, 0) is 55.8 Å². The van der Waals surface area contributed by atoms with Crippen molar-refractivity contribution in [2.24, 2.45) is 5.73 Å². The first-order valence-electron chi connectivity index (χ1n) is 10.3. The first-order chi connectivity index (χ1) is 15.1. The molecule has 1 atom stereocenters. The fraction of sp³-hybridized carbons (Fsp3) is 0.364. The Balaban J connectivity index is 1.54. The minimum Gasteiger partial charge on any atom is -0.497 e. The number of anilines is 1. The van der Waals surface area contributed by atoms with Gasteiger partial charge < -0.3 is 15.4 Å². The lowest BCUT2D eigenvalue weighted by molar-refractivity contribution is -0.120. The number of hydrogen-bond acceptors (Lipinski definition) is 6. The number of hydrogen-bond donors (Lipinski definition) is 1. The maximum absolute atomic E-state index is 13.3.